The number of nitrogens with zero attached hydrogens (tertiary/aromatic N) is 2. The molecule has 0 bridgehead atoms. The van der Waals surface area contributed by atoms with E-state index in [2.05, 4.69) is 40.6 Å². The van der Waals surface area contributed by atoms with Crippen LogP contribution in [-0.2, 0) is 17.9 Å². The molecular weight excluding hydrogens is 292 g/mol. The fourth-order valence-corrected chi connectivity index (χ4v) is 3.35. The molecule has 0 atom stereocenters. The molecule has 3 nitrogen and oxygen atoms in total. The predicted octanol–water partition coefficient (Wildman–Crippen LogP) is 3.37. The van der Waals surface area contributed by atoms with Gasteiger partial charge in [-0.1, -0.05) is 36.4 Å². The van der Waals surface area contributed by atoms with E-state index in [1.165, 1.54) is 23.3 Å². The molecule has 0 saturated heterocycles. The highest BCUT2D eigenvalue weighted by molar-refractivity contribution is 7.09. The van der Waals surface area contributed by atoms with E-state index < -0.39 is 0 Å². The number of rotatable bonds is 7. The fraction of sp³-hybridized carbons (Fsp3) is 0.389. The van der Waals surface area contributed by atoms with Gasteiger partial charge in [-0.05, 0) is 29.9 Å². The van der Waals surface area contributed by atoms with E-state index in [0.717, 1.165) is 6.54 Å². The summed E-state index contributed by atoms with van der Waals surface area (Å²) in [6, 6.07) is 15.1. The third-order valence-electron chi connectivity index (χ3n) is 4.03. The minimum Gasteiger partial charge on any atom is -0.340 e. The summed E-state index contributed by atoms with van der Waals surface area (Å²) in [6.45, 7) is 2.09. The van der Waals surface area contributed by atoms with E-state index >= 15 is 0 Å². The van der Waals surface area contributed by atoms with Crippen molar-refractivity contribution >= 4 is 17.2 Å². The summed E-state index contributed by atoms with van der Waals surface area (Å²) >= 11 is 1.70. The lowest BCUT2D eigenvalue weighted by Gasteiger charge is -2.25. The first-order valence-electron chi connectivity index (χ1n) is 7.76. The highest BCUT2D eigenvalue weighted by Crippen LogP contribution is 2.28. The first-order valence-corrected chi connectivity index (χ1v) is 8.64. The van der Waals surface area contributed by atoms with Crippen LogP contribution in [-0.4, -0.2) is 35.3 Å². The summed E-state index contributed by atoms with van der Waals surface area (Å²) in [5.41, 5.74) is 1.28. The van der Waals surface area contributed by atoms with Gasteiger partial charge in [-0.3, -0.25) is 9.69 Å². The van der Waals surface area contributed by atoms with E-state index in [9.17, 15) is 4.79 Å². The molecule has 1 heterocycles. The average molecular weight is 314 g/mol. The van der Waals surface area contributed by atoms with Crippen LogP contribution in [0.2, 0.25) is 0 Å². The third-order valence-corrected chi connectivity index (χ3v) is 4.89. The summed E-state index contributed by atoms with van der Waals surface area (Å²) in [4.78, 5) is 17.9. The first kappa shape index (κ1) is 15.3. The number of thiophene rings is 1. The number of hydrogen-bond donors (Lipinski definition) is 0. The molecule has 1 aromatic carbocycles. The molecule has 4 heteroatoms. The molecule has 1 aliphatic rings. The molecule has 116 valence electrons. The van der Waals surface area contributed by atoms with Gasteiger partial charge in [0.05, 0.1) is 13.1 Å². The molecular formula is C18H22N2OS. The second-order valence-electron chi connectivity index (χ2n) is 5.95. The van der Waals surface area contributed by atoms with Gasteiger partial charge in [-0.2, -0.15) is 0 Å². The molecule has 1 aliphatic carbocycles. The number of carbonyl (C=O) groups excluding carboxylic acids is 1. The Kier molecular flexibility index (Phi) is 4.90. The summed E-state index contributed by atoms with van der Waals surface area (Å²) < 4.78 is 0. The summed E-state index contributed by atoms with van der Waals surface area (Å²) in [5.74, 6) is 0.205. The zero-order chi connectivity index (χ0) is 15.4. The van der Waals surface area contributed by atoms with E-state index in [1.807, 2.05) is 24.1 Å². The van der Waals surface area contributed by atoms with Gasteiger partial charge in [0.1, 0.15) is 0 Å². The van der Waals surface area contributed by atoms with Crippen LogP contribution in [0.4, 0.5) is 0 Å². The van der Waals surface area contributed by atoms with Crippen molar-refractivity contribution in [1.29, 1.82) is 0 Å². The molecule has 1 fully saturated rings. The van der Waals surface area contributed by atoms with Gasteiger partial charge < -0.3 is 4.90 Å². The maximum atomic E-state index is 12.5. The molecule has 2 aromatic rings. The Morgan fingerprint density at radius 2 is 1.91 bits per heavy atom. The van der Waals surface area contributed by atoms with Crippen molar-refractivity contribution in [1.82, 2.24) is 9.80 Å². The van der Waals surface area contributed by atoms with Crippen LogP contribution in [0.3, 0.4) is 0 Å². The van der Waals surface area contributed by atoms with Gasteiger partial charge in [0.25, 0.3) is 0 Å². The zero-order valence-electron chi connectivity index (χ0n) is 12.9. The van der Waals surface area contributed by atoms with Crippen molar-refractivity contribution in [2.24, 2.45) is 0 Å². The average Bonchev–Trinajstić information content (AvgIpc) is 3.25. The van der Waals surface area contributed by atoms with Crippen LogP contribution >= 0.6 is 11.3 Å². The molecule has 0 spiro atoms. The van der Waals surface area contributed by atoms with Gasteiger partial charge in [-0.15, -0.1) is 11.3 Å². The molecule has 0 aliphatic heterocycles. The Labute approximate surface area is 136 Å². The minimum absolute atomic E-state index is 0.205. The largest absolute Gasteiger partial charge is 0.340 e. The SMILES string of the molecule is CN(Cc1cccs1)C(=O)CN(Cc1ccccc1)C1CC1. The van der Waals surface area contributed by atoms with Crippen molar-refractivity contribution in [3.05, 3.63) is 58.3 Å². The Balaban J connectivity index is 1.57. The highest BCUT2D eigenvalue weighted by atomic mass is 32.1. The summed E-state index contributed by atoms with van der Waals surface area (Å²) in [7, 11) is 1.90. The summed E-state index contributed by atoms with van der Waals surface area (Å²) in [6.07, 6.45) is 2.43. The Bertz CT molecular complexity index is 593. The Morgan fingerprint density at radius 3 is 2.55 bits per heavy atom. The normalized spacial score (nSPS) is 14.3. The second-order valence-corrected chi connectivity index (χ2v) is 6.98. The number of carbonyl (C=O) groups is 1. The van der Waals surface area contributed by atoms with E-state index in [4.69, 9.17) is 0 Å². The lowest BCUT2D eigenvalue weighted by atomic mass is 10.2. The molecule has 22 heavy (non-hydrogen) atoms. The van der Waals surface area contributed by atoms with Crippen molar-refractivity contribution in [3.63, 3.8) is 0 Å². The van der Waals surface area contributed by atoms with Gasteiger partial charge in [0.15, 0.2) is 0 Å². The van der Waals surface area contributed by atoms with Gasteiger partial charge in [-0.25, -0.2) is 0 Å². The number of hydrogen-bond acceptors (Lipinski definition) is 3. The zero-order valence-corrected chi connectivity index (χ0v) is 13.8. The first-order chi connectivity index (χ1) is 10.7. The van der Waals surface area contributed by atoms with Crippen LogP contribution in [0.5, 0.6) is 0 Å². The lowest BCUT2D eigenvalue weighted by molar-refractivity contribution is -0.131. The quantitative estimate of drug-likeness (QED) is 0.782. The number of benzene rings is 1. The van der Waals surface area contributed by atoms with Gasteiger partial charge in [0.2, 0.25) is 5.91 Å². The minimum atomic E-state index is 0.205. The van der Waals surface area contributed by atoms with E-state index in [0.29, 0.717) is 19.1 Å². The van der Waals surface area contributed by atoms with Crippen molar-refractivity contribution in [3.8, 4) is 0 Å². The maximum absolute atomic E-state index is 12.5. The Morgan fingerprint density at radius 1 is 1.14 bits per heavy atom. The fourth-order valence-electron chi connectivity index (χ4n) is 2.59. The van der Waals surface area contributed by atoms with Crippen molar-refractivity contribution in [2.75, 3.05) is 13.6 Å². The standard InChI is InChI=1S/C18H22N2OS/c1-19(13-17-8-5-11-22-17)18(21)14-20(16-9-10-16)12-15-6-3-2-4-7-15/h2-8,11,16H,9-10,12-14H2,1H3. The second kappa shape index (κ2) is 7.07. The third kappa shape index (κ3) is 4.18. The number of likely N-dealkylation sites (N-methyl/N-ethyl adjacent to an activating group) is 1. The maximum Gasteiger partial charge on any atom is 0.236 e. The molecule has 0 N–H and O–H groups in total. The van der Waals surface area contributed by atoms with Gasteiger partial charge >= 0.3 is 0 Å². The van der Waals surface area contributed by atoms with Gasteiger partial charge in [0, 0.05) is 24.5 Å². The topological polar surface area (TPSA) is 23.6 Å². The molecule has 0 unspecified atom stereocenters. The van der Waals surface area contributed by atoms with E-state index in [-0.39, 0.29) is 5.91 Å². The van der Waals surface area contributed by atoms with Crippen LogP contribution in [0, 0.1) is 0 Å². The van der Waals surface area contributed by atoms with E-state index in [1.54, 1.807) is 11.3 Å². The Hall–Kier alpha value is -1.65. The lowest BCUT2D eigenvalue weighted by Crippen LogP contribution is -2.38. The predicted molar refractivity (Wildman–Crippen MR) is 90.7 cm³/mol. The monoisotopic (exact) mass is 314 g/mol. The molecule has 1 amide bonds. The molecule has 3 rings (SSSR count). The van der Waals surface area contributed by atoms with Crippen LogP contribution < -0.4 is 0 Å². The van der Waals surface area contributed by atoms with Crippen molar-refractivity contribution in [2.45, 2.75) is 32.0 Å². The smallest absolute Gasteiger partial charge is 0.236 e. The van der Waals surface area contributed by atoms with Crippen LogP contribution in [0.25, 0.3) is 0 Å². The highest BCUT2D eigenvalue weighted by Gasteiger charge is 2.30. The molecule has 1 aromatic heterocycles. The molecule has 0 radical (unpaired) electrons. The van der Waals surface area contributed by atoms with Crippen LogP contribution in [0.15, 0.2) is 47.8 Å². The number of amides is 1. The van der Waals surface area contributed by atoms with Crippen LogP contribution in [0.1, 0.15) is 23.3 Å². The molecule has 1 saturated carbocycles. The van der Waals surface area contributed by atoms with Crippen molar-refractivity contribution < 1.29 is 4.79 Å². The summed E-state index contributed by atoms with van der Waals surface area (Å²) in [5, 5.41) is 2.06.